The second-order valence-corrected chi connectivity index (χ2v) is 7.85. The summed E-state index contributed by atoms with van der Waals surface area (Å²) in [5.41, 5.74) is 2.50. The van der Waals surface area contributed by atoms with Crippen LogP contribution >= 0.6 is 11.3 Å². The average Bonchev–Trinajstić information content (AvgIpc) is 3.18. The van der Waals surface area contributed by atoms with Crippen LogP contribution in [-0.2, 0) is 20.9 Å². The van der Waals surface area contributed by atoms with E-state index < -0.39 is 5.97 Å². The zero-order valence-electron chi connectivity index (χ0n) is 17.1. The van der Waals surface area contributed by atoms with Gasteiger partial charge in [-0.15, -0.1) is 11.3 Å². The zero-order chi connectivity index (χ0) is 21.3. The van der Waals surface area contributed by atoms with E-state index >= 15 is 0 Å². The molecule has 1 atom stereocenters. The average molecular weight is 424 g/mol. The fourth-order valence-corrected chi connectivity index (χ4v) is 4.12. The summed E-state index contributed by atoms with van der Waals surface area (Å²) in [4.78, 5) is 25.8. The Hall–Kier alpha value is -2.96. The molecule has 1 heterocycles. The summed E-state index contributed by atoms with van der Waals surface area (Å²) in [6, 6.07) is 21.5. The van der Waals surface area contributed by atoms with Gasteiger partial charge in [0.1, 0.15) is 11.6 Å². The van der Waals surface area contributed by atoms with E-state index in [1.54, 1.807) is 13.0 Å². The molecule has 2 aromatic carbocycles. The van der Waals surface area contributed by atoms with Gasteiger partial charge in [-0.05, 0) is 24.1 Å². The predicted molar refractivity (Wildman–Crippen MR) is 119 cm³/mol. The van der Waals surface area contributed by atoms with Gasteiger partial charge in [0.15, 0.2) is 0 Å². The first kappa shape index (κ1) is 21.7. The number of thiophene rings is 1. The van der Waals surface area contributed by atoms with Crippen molar-refractivity contribution in [3.63, 3.8) is 0 Å². The third kappa shape index (κ3) is 5.78. The number of ether oxygens (including phenoxy) is 2. The highest BCUT2D eigenvalue weighted by Crippen LogP contribution is 2.36. The summed E-state index contributed by atoms with van der Waals surface area (Å²) in [6.07, 6.45) is 0. The van der Waals surface area contributed by atoms with Gasteiger partial charge in [0.05, 0.1) is 18.8 Å². The molecule has 1 aromatic heterocycles. The van der Waals surface area contributed by atoms with Crippen molar-refractivity contribution < 1.29 is 19.1 Å². The highest BCUT2D eigenvalue weighted by molar-refractivity contribution is 7.16. The Morgan fingerprint density at radius 3 is 2.37 bits per heavy atom. The molecule has 0 fully saturated rings. The van der Waals surface area contributed by atoms with Crippen molar-refractivity contribution in [2.24, 2.45) is 0 Å². The number of hydrogen-bond acceptors (Lipinski definition) is 5. The third-order valence-corrected chi connectivity index (χ3v) is 5.80. The number of benzene rings is 2. The summed E-state index contributed by atoms with van der Waals surface area (Å²) in [6.45, 7) is 4.35. The van der Waals surface area contributed by atoms with Crippen LogP contribution in [0.4, 0.5) is 5.00 Å². The van der Waals surface area contributed by atoms with E-state index in [1.165, 1.54) is 11.3 Å². The van der Waals surface area contributed by atoms with Crippen molar-refractivity contribution in [1.29, 1.82) is 0 Å². The lowest BCUT2D eigenvalue weighted by atomic mass is 9.99. The molecule has 1 N–H and O–H groups in total. The Kier molecular flexibility index (Phi) is 7.76. The van der Waals surface area contributed by atoms with E-state index in [9.17, 15) is 9.59 Å². The number of amides is 1. The maximum absolute atomic E-state index is 12.4. The molecule has 0 saturated heterocycles. The van der Waals surface area contributed by atoms with Crippen LogP contribution in [0.1, 0.15) is 46.1 Å². The lowest BCUT2D eigenvalue weighted by Crippen LogP contribution is -2.19. The third-order valence-electron chi connectivity index (χ3n) is 4.57. The van der Waals surface area contributed by atoms with Gasteiger partial charge >= 0.3 is 5.97 Å². The number of esters is 1. The van der Waals surface area contributed by atoms with Gasteiger partial charge in [-0.1, -0.05) is 67.6 Å². The molecular formula is C24H25NO4S. The van der Waals surface area contributed by atoms with Crippen molar-refractivity contribution in [2.75, 3.05) is 18.5 Å². The molecule has 156 valence electrons. The Bertz CT molecular complexity index is 969. The van der Waals surface area contributed by atoms with Gasteiger partial charge in [0.2, 0.25) is 0 Å². The molecule has 3 rings (SSSR count). The van der Waals surface area contributed by atoms with Crippen LogP contribution in [0.2, 0.25) is 0 Å². The van der Waals surface area contributed by atoms with Crippen molar-refractivity contribution in [2.45, 2.75) is 26.4 Å². The van der Waals surface area contributed by atoms with E-state index in [1.807, 2.05) is 60.7 Å². The van der Waals surface area contributed by atoms with Gasteiger partial charge in [-0.3, -0.25) is 4.79 Å². The van der Waals surface area contributed by atoms with Crippen molar-refractivity contribution in [1.82, 2.24) is 0 Å². The smallest absolute Gasteiger partial charge is 0.341 e. The molecule has 0 spiro atoms. The van der Waals surface area contributed by atoms with Gasteiger partial charge in [0, 0.05) is 10.8 Å². The molecule has 5 nitrogen and oxygen atoms in total. The Labute approximate surface area is 180 Å². The number of hydrogen-bond donors (Lipinski definition) is 1. The molecule has 0 aliphatic carbocycles. The number of rotatable bonds is 9. The van der Waals surface area contributed by atoms with Crippen LogP contribution in [0.3, 0.4) is 0 Å². The molecule has 0 radical (unpaired) electrons. The second-order valence-electron chi connectivity index (χ2n) is 6.77. The quantitative estimate of drug-likeness (QED) is 0.479. The lowest BCUT2D eigenvalue weighted by Gasteiger charge is -2.09. The normalized spacial score (nSPS) is 11.7. The van der Waals surface area contributed by atoms with Gasteiger partial charge in [0.25, 0.3) is 5.91 Å². The summed E-state index contributed by atoms with van der Waals surface area (Å²) in [7, 11) is 0. The zero-order valence-corrected chi connectivity index (χ0v) is 17.9. The topological polar surface area (TPSA) is 64.6 Å². The molecule has 30 heavy (non-hydrogen) atoms. The summed E-state index contributed by atoms with van der Waals surface area (Å²) in [5, 5.41) is 3.30. The number of anilines is 1. The van der Waals surface area contributed by atoms with Crippen LogP contribution in [0, 0.1) is 0 Å². The fourth-order valence-electron chi connectivity index (χ4n) is 2.98. The molecule has 0 bridgehead atoms. The molecule has 3 aromatic rings. The van der Waals surface area contributed by atoms with Crippen LogP contribution in [0.25, 0.3) is 0 Å². The molecule has 0 aliphatic rings. The molecule has 0 aliphatic heterocycles. The predicted octanol–water partition coefficient (Wildman–Crippen LogP) is 5.23. The standard InChI is InChI=1S/C24H25NO4S/c1-3-29-24(27)20-14-21(17(2)19-12-8-5-9-13-19)30-23(20)25-22(26)16-28-15-18-10-6-4-7-11-18/h4-14,17H,3,15-16H2,1-2H3,(H,25,26)/t17-/m1/s1. The summed E-state index contributed by atoms with van der Waals surface area (Å²) in [5.74, 6) is -0.664. The Morgan fingerprint density at radius 1 is 1.03 bits per heavy atom. The van der Waals surface area contributed by atoms with E-state index in [-0.39, 0.29) is 25.0 Å². The first-order valence-corrected chi connectivity index (χ1v) is 10.7. The molecule has 0 unspecified atom stereocenters. The number of carbonyl (C=O) groups is 2. The van der Waals surface area contributed by atoms with Crippen LogP contribution < -0.4 is 5.32 Å². The highest BCUT2D eigenvalue weighted by Gasteiger charge is 2.22. The van der Waals surface area contributed by atoms with E-state index in [4.69, 9.17) is 9.47 Å². The second kappa shape index (κ2) is 10.7. The first-order valence-electron chi connectivity index (χ1n) is 9.85. The van der Waals surface area contributed by atoms with E-state index in [0.29, 0.717) is 17.2 Å². The molecular weight excluding hydrogens is 398 g/mol. The van der Waals surface area contributed by atoms with Crippen molar-refractivity contribution in [3.05, 3.63) is 88.3 Å². The molecule has 6 heteroatoms. The van der Waals surface area contributed by atoms with E-state index in [0.717, 1.165) is 16.0 Å². The SMILES string of the molecule is CCOC(=O)c1cc([C@H](C)c2ccccc2)sc1NC(=O)COCc1ccccc1. The fraction of sp³-hybridized carbons (Fsp3) is 0.250. The molecule has 1 amide bonds. The first-order chi connectivity index (χ1) is 14.6. The van der Waals surface area contributed by atoms with E-state index in [2.05, 4.69) is 12.2 Å². The van der Waals surface area contributed by atoms with Gasteiger partial charge < -0.3 is 14.8 Å². The largest absolute Gasteiger partial charge is 0.462 e. The van der Waals surface area contributed by atoms with Gasteiger partial charge in [-0.25, -0.2) is 4.79 Å². The highest BCUT2D eigenvalue weighted by atomic mass is 32.1. The summed E-state index contributed by atoms with van der Waals surface area (Å²) < 4.78 is 10.7. The monoisotopic (exact) mass is 423 g/mol. The maximum Gasteiger partial charge on any atom is 0.341 e. The Balaban J connectivity index is 1.70. The van der Waals surface area contributed by atoms with Gasteiger partial charge in [-0.2, -0.15) is 0 Å². The lowest BCUT2D eigenvalue weighted by molar-refractivity contribution is -0.120. The van der Waals surface area contributed by atoms with Crippen LogP contribution in [-0.4, -0.2) is 25.1 Å². The number of nitrogens with one attached hydrogen (secondary N) is 1. The van der Waals surface area contributed by atoms with Crippen LogP contribution in [0.5, 0.6) is 0 Å². The van der Waals surface area contributed by atoms with Crippen molar-refractivity contribution >= 4 is 28.2 Å². The summed E-state index contributed by atoms with van der Waals surface area (Å²) >= 11 is 1.39. The van der Waals surface area contributed by atoms with Crippen LogP contribution in [0.15, 0.2) is 66.7 Å². The molecule has 0 saturated carbocycles. The van der Waals surface area contributed by atoms with Crippen molar-refractivity contribution in [3.8, 4) is 0 Å². The minimum Gasteiger partial charge on any atom is -0.462 e. The minimum absolute atomic E-state index is 0.0874. The minimum atomic E-state index is -0.444. The maximum atomic E-state index is 12.4. The number of carbonyl (C=O) groups excluding carboxylic acids is 2. The Morgan fingerprint density at radius 2 is 1.70 bits per heavy atom.